The van der Waals surface area contributed by atoms with Gasteiger partial charge in [-0.05, 0) is 72.3 Å². The van der Waals surface area contributed by atoms with Crippen LogP contribution in [0.25, 0.3) is 5.57 Å². The molecule has 0 heteroatoms. The van der Waals surface area contributed by atoms with Crippen LogP contribution in [0.2, 0.25) is 0 Å². The van der Waals surface area contributed by atoms with Crippen molar-refractivity contribution in [3.8, 4) is 0 Å². The lowest BCUT2D eigenvalue weighted by Gasteiger charge is -2.32. The molecule has 3 rings (SSSR count). The summed E-state index contributed by atoms with van der Waals surface area (Å²) in [6.45, 7) is 28.9. The van der Waals surface area contributed by atoms with E-state index in [1.807, 2.05) is 53.7 Å². The molecule has 0 aliphatic heterocycles. The number of rotatable bonds is 2. The van der Waals surface area contributed by atoms with Gasteiger partial charge in [-0.25, -0.2) is 0 Å². The van der Waals surface area contributed by atoms with Gasteiger partial charge in [0.15, 0.2) is 0 Å². The molecule has 0 bridgehead atoms. The summed E-state index contributed by atoms with van der Waals surface area (Å²) in [7, 11) is 0. The van der Waals surface area contributed by atoms with Gasteiger partial charge in [0, 0.05) is 0 Å². The quantitative estimate of drug-likeness (QED) is 0.421. The molecule has 0 fully saturated rings. The van der Waals surface area contributed by atoms with E-state index in [4.69, 9.17) is 0 Å². The zero-order valence-electron chi connectivity index (χ0n) is 21.7. The van der Waals surface area contributed by atoms with Crippen LogP contribution in [0.1, 0.15) is 80.4 Å². The minimum Gasteiger partial charge on any atom is -0.0991 e. The van der Waals surface area contributed by atoms with E-state index in [2.05, 4.69) is 89.4 Å². The van der Waals surface area contributed by atoms with Gasteiger partial charge in [0.05, 0.1) is 5.41 Å². The topological polar surface area (TPSA) is 0 Å². The Morgan fingerprint density at radius 2 is 1.35 bits per heavy atom. The molecule has 0 aromatic heterocycles. The van der Waals surface area contributed by atoms with Crippen molar-refractivity contribution in [2.45, 2.75) is 74.7 Å². The Hall–Kier alpha value is -2.60. The Morgan fingerprint density at radius 1 is 0.806 bits per heavy atom. The molecule has 0 heterocycles. The fourth-order valence-corrected chi connectivity index (χ4v) is 4.62. The van der Waals surface area contributed by atoms with Crippen LogP contribution in [-0.4, -0.2) is 0 Å². The first-order valence-electron chi connectivity index (χ1n) is 11.9. The third kappa shape index (κ3) is 4.54. The molecular weight excluding hydrogens is 372 g/mol. The number of hydrogen-bond donors (Lipinski definition) is 0. The first kappa shape index (κ1) is 28.4. The van der Waals surface area contributed by atoms with Gasteiger partial charge in [0.25, 0.3) is 0 Å². The molecular formula is C31H44. The van der Waals surface area contributed by atoms with Gasteiger partial charge in [0.2, 0.25) is 0 Å². The van der Waals surface area contributed by atoms with Gasteiger partial charge in [-0.2, -0.15) is 0 Å². The fraction of sp³-hybridized carbons (Fsp3) is 0.355. The van der Waals surface area contributed by atoms with Gasteiger partial charge in [-0.1, -0.05) is 115 Å². The van der Waals surface area contributed by atoms with E-state index in [0.29, 0.717) is 0 Å². The van der Waals surface area contributed by atoms with Crippen LogP contribution in [0.5, 0.6) is 0 Å². The van der Waals surface area contributed by atoms with E-state index in [9.17, 15) is 0 Å². The van der Waals surface area contributed by atoms with E-state index in [1.165, 1.54) is 39.0 Å². The van der Waals surface area contributed by atoms with Crippen molar-refractivity contribution in [1.82, 2.24) is 0 Å². The molecule has 1 unspecified atom stereocenters. The number of fused-ring (bicyclic) bond motifs is 2. The molecule has 0 N–H and O–H groups in total. The van der Waals surface area contributed by atoms with Crippen molar-refractivity contribution >= 4 is 5.57 Å². The maximum atomic E-state index is 4.42. The van der Waals surface area contributed by atoms with Crippen molar-refractivity contribution in [2.75, 3.05) is 0 Å². The molecule has 0 radical (unpaired) electrons. The summed E-state index contributed by atoms with van der Waals surface area (Å²) in [6.07, 6.45) is 12.8. The first-order valence-corrected chi connectivity index (χ1v) is 11.9. The molecule has 0 saturated heterocycles. The zero-order chi connectivity index (χ0) is 24.2. The minimum absolute atomic E-state index is 0.261. The van der Waals surface area contributed by atoms with E-state index >= 15 is 0 Å². The summed E-state index contributed by atoms with van der Waals surface area (Å²) in [5, 5.41) is 0. The SMILES string of the molecule is C=C/C=C\C1=C(C)C(=C)/C(=C\C)C12C(=C/C)/C(=C\C)c1ccccc12.CC.CC.CC. The molecule has 0 saturated carbocycles. The summed E-state index contributed by atoms with van der Waals surface area (Å²) < 4.78 is 0. The summed E-state index contributed by atoms with van der Waals surface area (Å²) in [5.41, 5.74) is 10.1. The Bertz CT molecular complexity index is 909. The Morgan fingerprint density at radius 3 is 1.84 bits per heavy atom. The van der Waals surface area contributed by atoms with Crippen molar-refractivity contribution < 1.29 is 0 Å². The van der Waals surface area contributed by atoms with Crippen molar-refractivity contribution in [1.29, 1.82) is 0 Å². The average molecular weight is 417 g/mol. The van der Waals surface area contributed by atoms with Gasteiger partial charge in [0.1, 0.15) is 0 Å². The van der Waals surface area contributed by atoms with Crippen molar-refractivity contribution in [2.24, 2.45) is 0 Å². The number of benzene rings is 1. The molecule has 1 aromatic rings. The van der Waals surface area contributed by atoms with Crippen LogP contribution in [-0.2, 0) is 5.41 Å². The molecule has 0 nitrogen and oxygen atoms in total. The average Bonchev–Trinajstić information content (AvgIpc) is 3.24. The largest absolute Gasteiger partial charge is 0.0991 e. The smallest absolute Gasteiger partial charge is 0.0715 e. The summed E-state index contributed by atoms with van der Waals surface area (Å²) >= 11 is 0. The Balaban J connectivity index is 0.00000138. The summed E-state index contributed by atoms with van der Waals surface area (Å²) in [6, 6.07) is 8.78. The van der Waals surface area contributed by atoms with Gasteiger partial charge >= 0.3 is 0 Å². The molecule has 1 aromatic carbocycles. The lowest BCUT2D eigenvalue weighted by atomic mass is 9.69. The number of allylic oxidation sites excluding steroid dienone is 12. The predicted octanol–water partition coefficient (Wildman–Crippen LogP) is 9.94. The lowest BCUT2D eigenvalue weighted by Crippen LogP contribution is -2.27. The molecule has 2 aliphatic rings. The van der Waals surface area contributed by atoms with Gasteiger partial charge in [-0.15, -0.1) is 0 Å². The van der Waals surface area contributed by atoms with Crippen molar-refractivity contribution in [3.05, 3.63) is 113 Å². The minimum atomic E-state index is -0.261. The lowest BCUT2D eigenvalue weighted by molar-refractivity contribution is 0.779. The zero-order valence-corrected chi connectivity index (χ0v) is 21.7. The fourth-order valence-electron chi connectivity index (χ4n) is 4.62. The Labute approximate surface area is 193 Å². The summed E-state index contributed by atoms with van der Waals surface area (Å²) in [5.74, 6) is 0. The third-order valence-electron chi connectivity index (χ3n) is 5.57. The van der Waals surface area contributed by atoms with E-state index in [0.717, 1.165) is 5.57 Å². The maximum absolute atomic E-state index is 4.42. The maximum Gasteiger partial charge on any atom is 0.0715 e. The highest BCUT2D eigenvalue weighted by molar-refractivity contribution is 5.97. The van der Waals surface area contributed by atoms with Crippen LogP contribution in [0.15, 0.2) is 102 Å². The second-order valence-electron chi connectivity index (χ2n) is 6.51. The van der Waals surface area contributed by atoms with Crippen LogP contribution < -0.4 is 0 Å². The third-order valence-corrected chi connectivity index (χ3v) is 5.57. The van der Waals surface area contributed by atoms with Gasteiger partial charge < -0.3 is 0 Å². The van der Waals surface area contributed by atoms with Crippen molar-refractivity contribution in [3.63, 3.8) is 0 Å². The molecule has 168 valence electrons. The van der Waals surface area contributed by atoms with Crippen LogP contribution in [0, 0.1) is 0 Å². The van der Waals surface area contributed by atoms with Gasteiger partial charge in [-0.3, -0.25) is 0 Å². The van der Waals surface area contributed by atoms with E-state index < -0.39 is 0 Å². The van der Waals surface area contributed by atoms with Crippen LogP contribution in [0.4, 0.5) is 0 Å². The Kier molecular flexibility index (Phi) is 12.5. The number of hydrogen-bond acceptors (Lipinski definition) is 0. The highest BCUT2D eigenvalue weighted by atomic mass is 14.5. The molecule has 2 aliphatic carbocycles. The normalized spacial score (nSPS) is 22.8. The second kappa shape index (κ2) is 13.7. The molecule has 31 heavy (non-hydrogen) atoms. The summed E-state index contributed by atoms with van der Waals surface area (Å²) in [4.78, 5) is 0. The standard InChI is InChI=1S/C25H26.3C2H6/c1-7-11-15-23-18(6)17(5)21(9-3)25(23)22(10-4)19(8-2)20-14-12-13-16-24(20)25;3*1-2/h7-16H,1,5H2,2-4,6H3;3*1-2H3/b15-11-,19-8-,21-9+,22-10+;;;. The second-order valence-corrected chi connectivity index (χ2v) is 6.51. The van der Waals surface area contributed by atoms with Crippen LogP contribution in [0.3, 0.4) is 0 Å². The highest BCUT2D eigenvalue weighted by Gasteiger charge is 2.53. The van der Waals surface area contributed by atoms with Crippen LogP contribution >= 0.6 is 0 Å². The molecule has 1 spiro atoms. The van der Waals surface area contributed by atoms with E-state index in [-0.39, 0.29) is 5.41 Å². The molecule has 1 atom stereocenters. The highest BCUT2D eigenvalue weighted by Crippen LogP contribution is 2.63. The predicted molar refractivity (Wildman–Crippen MR) is 145 cm³/mol. The van der Waals surface area contributed by atoms with E-state index in [1.54, 1.807) is 0 Å². The monoisotopic (exact) mass is 416 g/mol. The molecule has 0 amide bonds. The first-order chi connectivity index (χ1) is 15.1.